The zero-order valence-electron chi connectivity index (χ0n) is 13.7. The Morgan fingerprint density at radius 1 is 1.04 bits per heavy atom. The highest BCUT2D eigenvalue weighted by atomic mass is 35.5. The van der Waals surface area contributed by atoms with Crippen molar-refractivity contribution < 1.29 is 4.39 Å². The largest absolute Gasteiger partial charge is 0.306 e. The summed E-state index contributed by atoms with van der Waals surface area (Å²) in [7, 11) is 2.15. The van der Waals surface area contributed by atoms with E-state index in [0.29, 0.717) is 5.92 Å². The quantitative estimate of drug-likeness (QED) is 0.686. The topological polar surface area (TPSA) is 21.1 Å². The van der Waals surface area contributed by atoms with Gasteiger partial charge in [-0.25, -0.2) is 9.07 Å². The molecule has 4 rings (SSSR count). The highest BCUT2D eigenvalue weighted by Crippen LogP contribution is 2.33. The molecule has 0 radical (unpaired) electrons. The number of hydrogen-bond acceptors (Lipinski definition) is 2. The van der Waals surface area contributed by atoms with E-state index in [1.165, 1.54) is 6.07 Å². The molecule has 0 saturated carbocycles. The van der Waals surface area contributed by atoms with E-state index in [-0.39, 0.29) is 18.2 Å². The van der Waals surface area contributed by atoms with Crippen molar-refractivity contribution in [1.82, 2.24) is 14.7 Å². The van der Waals surface area contributed by atoms with Crippen LogP contribution in [-0.4, -0.2) is 34.8 Å². The molecular weight excluding hydrogens is 325 g/mol. The van der Waals surface area contributed by atoms with Crippen LogP contribution in [0.2, 0.25) is 0 Å². The standard InChI is InChI=1S/C19H20FN3.ClH/c1-22-11-9-14(10-12-22)19-17-13-15(20)7-8-18(17)23(21-19)16-5-3-2-4-6-16;/h2-8,13-14H,9-12H2,1H3;1H. The molecule has 0 atom stereocenters. The number of rotatable bonds is 2. The number of hydrogen-bond donors (Lipinski definition) is 0. The zero-order chi connectivity index (χ0) is 15.8. The van der Waals surface area contributed by atoms with E-state index in [0.717, 1.165) is 48.2 Å². The highest BCUT2D eigenvalue weighted by Gasteiger charge is 2.24. The molecule has 126 valence electrons. The lowest BCUT2D eigenvalue weighted by Crippen LogP contribution is -2.29. The Bertz CT molecular complexity index is 823. The summed E-state index contributed by atoms with van der Waals surface area (Å²) >= 11 is 0. The predicted molar refractivity (Wildman–Crippen MR) is 97.7 cm³/mol. The molecule has 0 aliphatic carbocycles. The molecule has 0 N–H and O–H groups in total. The lowest BCUT2D eigenvalue weighted by atomic mass is 9.92. The molecule has 24 heavy (non-hydrogen) atoms. The van der Waals surface area contributed by atoms with Crippen LogP contribution in [0.3, 0.4) is 0 Å². The molecule has 1 saturated heterocycles. The summed E-state index contributed by atoms with van der Waals surface area (Å²) in [6.07, 6.45) is 2.15. The number of likely N-dealkylation sites (tertiary alicyclic amines) is 1. The second kappa shape index (κ2) is 6.91. The van der Waals surface area contributed by atoms with Crippen molar-refractivity contribution in [3.8, 4) is 5.69 Å². The van der Waals surface area contributed by atoms with Gasteiger partial charge in [-0.3, -0.25) is 0 Å². The average molecular weight is 346 g/mol. The van der Waals surface area contributed by atoms with Gasteiger partial charge in [0.05, 0.1) is 16.9 Å². The monoisotopic (exact) mass is 345 g/mol. The van der Waals surface area contributed by atoms with Crippen molar-refractivity contribution in [2.45, 2.75) is 18.8 Å². The Morgan fingerprint density at radius 3 is 2.46 bits per heavy atom. The summed E-state index contributed by atoms with van der Waals surface area (Å²) in [6.45, 7) is 2.14. The van der Waals surface area contributed by atoms with Crippen LogP contribution in [0.4, 0.5) is 4.39 Å². The summed E-state index contributed by atoms with van der Waals surface area (Å²) in [5, 5.41) is 5.83. The first kappa shape index (κ1) is 16.9. The van der Waals surface area contributed by atoms with Crippen LogP contribution >= 0.6 is 12.4 Å². The van der Waals surface area contributed by atoms with E-state index >= 15 is 0 Å². The molecule has 1 aliphatic rings. The molecule has 1 aromatic heterocycles. The number of nitrogens with zero attached hydrogens (tertiary/aromatic N) is 3. The lowest BCUT2D eigenvalue weighted by molar-refractivity contribution is 0.253. The first-order chi connectivity index (χ1) is 11.2. The first-order valence-electron chi connectivity index (χ1n) is 8.14. The van der Waals surface area contributed by atoms with Gasteiger partial charge in [0.2, 0.25) is 0 Å². The molecule has 3 aromatic rings. The molecule has 0 spiro atoms. The van der Waals surface area contributed by atoms with E-state index in [4.69, 9.17) is 5.10 Å². The van der Waals surface area contributed by atoms with E-state index in [2.05, 4.69) is 11.9 Å². The Labute approximate surface area is 147 Å². The van der Waals surface area contributed by atoms with E-state index in [1.54, 1.807) is 6.07 Å². The second-order valence-corrected chi connectivity index (χ2v) is 6.37. The van der Waals surface area contributed by atoms with E-state index in [1.807, 2.05) is 41.1 Å². The van der Waals surface area contributed by atoms with E-state index in [9.17, 15) is 4.39 Å². The number of benzene rings is 2. The van der Waals surface area contributed by atoms with Crippen molar-refractivity contribution in [2.75, 3.05) is 20.1 Å². The number of aromatic nitrogens is 2. The summed E-state index contributed by atoms with van der Waals surface area (Å²) < 4.78 is 15.8. The van der Waals surface area contributed by atoms with Crippen LogP contribution in [0, 0.1) is 5.82 Å². The van der Waals surface area contributed by atoms with Gasteiger partial charge in [-0.1, -0.05) is 18.2 Å². The number of fused-ring (bicyclic) bond motifs is 1. The molecule has 0 amide bonds. The van der Waals surface area contributed by atoms with Crippen molar-refractivity contribution in [1.29, 1.82) is 0 Å². The van der Waals surface area contributed by atoms with Gasteiger partial charge >= 0.3 is 0 Å². The number of para-hydroxylation sites is 1. The van der Waals surface area contributed by atoms with Crippen molar-refractivity contribution in [2.24, 2.45) is 0 Å². The Hall–Kier alpha value is -1.91. The van der Waals surface area contributed by atoms with Crippen LogP contribution in [-0.2, 0) is 0 Å². The molecule has 5 heteroatoms. The maximum absolute atomic E-state index is 13.8. The van der Waals surface area contributed by atoms with Crippen molar-refractivity contribution in [3.05, 3.63) is 60.0 Å². The minimum Gasteiger partial charge on any atom is -0.306 e. The number of piperidine rings is 1. The van der Waals surface area contributed by atoms with Gasteiger partial charge in [-0.2, -0.15) is 5.10 Å². The van der Waals surface area contributed by atoms with E-state index < -0.39 is 0 Å². The van der Waals surface area contributed by atoms with Gasteiger partial charge in [-0.15, -0.1) is 12.4 Å². The summed E-state index contributed by atoms with van der Waals surface area (Å²) in [6, 6.07) is 15.1. The second-order valence-electron chi connectivity index (χ2n) is 6.37. The van der Waals surface area contributed by atoms with Gasteiger partial charge in [0.15, 0.2) is 0 Å². The van der Waals surface area contributed by atoms with Gasteiger partial charge in [0.25, 0.3) is 0 Å². The van der Waals surface area contributed by atoms with Crippen molar-refractivity contribution in [3.63, 3.8) is 0 Å². The maximum Gasteiger partial charge on any atom is 0.124 e. The molecule has 0 bridgehead atoms. The third-order valence-corrected chi connectivity index (χ3v) is 4.78. The molecule has 2 heterocycles. The first-order valence-corrected chi connectivity index (χ1v) is 8.14. The Kier molecular flexibility index (Phi) is 4.88. The lowest BCUT2D eigenvalue weighted by Gasteiger charge is -2.28. The fourth-order valence-electron chi connectivity index (χ4n) is 3.46. The molecule has 0 unspecified atom stereocenters. The van der Waals surface area contributed by atoms with Crippen LogP contribution in [0.1, 0.15) is 24.5 Å². The van der Waals surface area contributed by atoms with Crippen LogP contribution < -0.4 is 0 Å². The zero-order valence-corrected chi connectivity index (χ0v) is 14.5. The Balaban J connectivity index is 0.00000169. The van der Waals surface area contributed by atoms with Crippen LogP contribution in [0.5, 0.6) is 0 Å². The highest BCUT2D eigenvalue weighted by molar-refractivity contribution is 5.85. The normalized spacial score (nSPS) is 16.2. The molecular formula is C19H21ClFN3. The molecule has 1 aliphatic heterocycles. The van der Waals surface area contributed by atoms with Gasteiger partial charge < -0.3 is 4.90 Å². The summed E-state index contributed by atoms with van der Waals surface area (Å²) in [4.78, 5) is 2.34. The maximum atomic E-state index is 13.8. The number of halogens is 2. The Morgan fingerprint density at radius 2 is 1.75 bits per heavy atom. The SMILES string of the molecule is CN1CCC(c2nn(-c3ccccc3)c3ccc(F)cc23)CC1.Cl. The summed E-state index contributed by atoms with van der Waals surface area (Å²) in [5.74, 6) is 0.208. The minimum absolute atomic E-state index is 0. The average Bonchev–Trinajstić information content (AvgIpc) is 2.95. The molecule has 1 fully saturated rings. The fraction of sp³-hybridized carbons (Fsp3) is 0.316. The molecule has 2 aromatic carbocycles. The smallest absolute Gasteiger partial charge is 0.124 e. The van der Waals surface area contributed by atoms with Crippen LogP contribution in [0.25, 0.3) is 16.6 Å². The molecule has 3 nitrogen and oxygen atoms in total. The third-order valence-electron chi connectivity index (χ3n) is 4.78. The van der Waals surface area contributed by atoms with Crippen molar-refractivity contribution >= 4 is 23.3 Å². The van der Waals surface area contributed by atoms with Gasteiger partial charge in [0, 0.05) is 11.3 Å². The third kappa shape index (κ3) is 3.04. The van der Waals surface area contributed by atoms with Gasteiger partial charge in [-0.05, 0) is 63.3 Å². The van der Waals surface area contributed by atoms with Gasteiger partial charge in [0.1, 0.15) is 5.82 Å². The van der Waals surface area contributed by atoms with Crippen LogP contribution in [0.15, 0.2) is 48.5 Å². The summed E-state index contributed by atoms with van der Waals surface area (Å²) in [5.41, 5.74) is 3.03. The fourth-order valence-corrected chi connectivity index (χ4v) is 3.46. The minimum atomic E-state index is -0.195. The predicted octanol–water partition coefficient (Wildman–Crippen LogP) is 4.40.